The number of rotatable bonds is 4. The van der Waals surface area contributed by atoms with Gasteiger partial charge < -0.3 is 4.52 Å². The maximum atomic E-state index is 13.2. The van der Waals surface area contributed by atoms with Crippen LogP contribution in [0, 0.1) is 6.92 Å². The molecule has 4 rings (SSSR count). The molecule has 1 saturated carbocycles. The molecule has 0 bridgehead atoms. The number of aryl methyl sites for hydroxylation is 1. The van der Waals surface area contributed by atoms with Crippen molar-refractivity contribution in [3.8, 4) is 10.6 Å². The predicted molar refractivity (Wildman–Crippen MR) is 107 cm³/mol. The van der Waals surface area contributed by atoms with Gasteiger partial charge in [-0.25, -0.2) is 8.42 Å². The Labute approximate surface area is 177 Å². The summed E-state index contributed by atoms with van der Waals surface area (Å²) in [5.74, 6) is -1.20. The lowest BCUT2D eigenvalue weighted by molar-refractivity contribution is -0.155. The smallest absolute Gasteiger partial charge is 0.351 e. The van der Waals surface area contributed by atoms with Crippen LogP contribution in [-0.4, -0.2) is 55.0 Å². The average Bonchev–Trinajstić information content (AvgIpc) is 3.36. The normalized spacial score (nSPS) is 20.7. The van der Waals surface area contributed by atoms with E-state index in [-0.39, 0.29) is 10.6 Å². The van der Waals surface area contributed by atoms with E-state index in [9.17, 15) is 21.6 Å². The standard InChI is InChI=1S/C19H24F3N3O3S2/c1-13-17(12-16(29-13)15-11-18(28-23-15)19(20,21)22)30(26,27)25-9-7-24(8-10-25)14-5-3-2-4-6-14/h11-12,14H,2-10H2,1H3. The number of halogens is 3. The molecule has 0 N–H and O–H groups in total. The molecule has 3 heterocycles. The van der Waals surface area contributed by atoms with Crippen LogP contribution in [0.25, 0.3) is 10.6 Å². The highest BCUT2D eigenvalue weighted by Crippen LogP contribution is 2.37. The van der Waals surface area contributed by atoms with Crippen molar-refractivity contribution in [2.24, 2.45) is 0 Å². The number of sulfonamides is 1. The number of piperazine rings is 1. The summed E-state index contributed by atoms with van der Waals surface area (Å²) in [5, 5.41) is 3.46. The maximum absolute atomic E-state index is 13.2. The van der Waals surface area contributed by atoms with Crippen molar-refractivity contribution in [3.05, 3.63) is 22.8 Å². The van der Waals surface area contributed by atoms with E-state index in [1.54, 1.807) is 6.92 Å². The minimum absolute atomic E-state index is 0.0148. The Hall–Kier alpha value is -1.43. The molecule has 2 aromatic heterocycles. The second kappa shape index (κ2) is 8.25. The van der Waals surface area contributed by atoms with Gasteiger partial charge in [-0.2, -0.15) is 17.5 Å². The number of hydrogen-bond acceptors (Lipinski definition) is 6. The molecule has 30 heavy (non-hydrogen) atoms. The number of thiophene rings is 1. The summed E-state index contributed by atoms with van der Waals surface area (Å²) < 4.78 is 70.5. The van der Waals surface area contributed by atoms with Crippen LogP contribution in [0.3, 0.4) is 0 Å². The molecule has 166 valence electrons. The second-order valence-electron chi connectivity index (χ2n) is 7.84. The molecule has 2 aromatic rings. The molecule has 1 aliphatic carbocycles. The second-order valence-corrected chi connectivity index (χ2v) is 11.0. The van der Waals surface area contributed by atoms with Crippen LogP contribution < -0.4 is 0 Å². The monoisotopic (exact) mass is 463 g/mol. The topological polar surface area (TPSA) is 66.7 Å². The van der Waals surface area contributed by atoms with E-state index in [2.05, 4.69) is 14.6 Å². The first-order chi connectivity index (χ1) is 14.2. The molecule has 0 radical (unpaired) electrons. The van der Waals surface area contributed by atoms with Crippen molar-refractivity contribution in [3.63, 3.8) is 0 Å². The molecule has 2 fully saturated rings. The predicted octanol–water partition coefficient (Wildman–Crippen LogP) is 4.37. The van der Waals surface area contributed by atoms with Crippen LogP contribution in [0.15, 0.2) is 21.6 Å². The zero-order valence-corrected chi connectivity index (χ0v) is 18.2. The van der Waals surface area contributed by atoms with Crippen molar-refractivity contribution in [2.45, 2.75) is 56.1 Å². The summed E-state index contributed by atoms with van der Waals surface area (Å²) >= 11 is 1.10. The van der Waals surface area contributed by atoms with Gasteiger partial charge in [0.2, 0.25) is 15.8 Å². The maximum Gasteiger partial charge on any atom is 0.452 e. The van der Waals surface area contributed by atoms with Crippen molar-refractivity contribution in [2.75, 3.05) is 26.2 Å². The van der Waals surface area contributed by atoms with E-state index in [0.29, 0.717) is 42.0 Å². The van der Waals surface area contributed by atoms with Gasteiger partial charge in [-0.3, -0.25) is 4.90 Å². The third-order valence-corrected chi connectivity index (χ3v) is 9.12. The van der Waals surface area contributed by atoms with Crippen LogP contribution in [0.5, 0.6) is 0 Å². The molecule has 0 unspecified atom stereocenters. The first-order valence-electron chi connectivity index (χ1n) is 10.0. The number of hydrogen-bond donors (Lipinski definition) is 0. The number of aromatic nitrogens is 1. The van der Waals surface area contributed by atoms with E-state index in [0.717, 1.165) is 17.4 Å². The Kier molecular flexibility index (Phi) is 5.99. The van der Waals surface area contributed by atoms with Gasteiger partial charge in [-0.15, -0.1) is 11.3 Å². The fourth-order valence-corrected chi connectivity index (χ4v) is 7.20. The Balaban J connectivity index is 1.49. The van der Waals surface area contributed by atoms with E-state index in [1.807, 2.05) is 0 Å². The molecule has 11 heteroatoms. The highest BCUT2D eigenvalue weighted by atomic mass is 32.2. The van der Waals surface area contributed by atoms with Crippen LogP contribution >= 0.6 is 11.3 Å². The van der Waals surface area contributed by atoms with Crippen molar-refractivity contribution < 1.29 is 26.1 Å². The molecule has 0 spiro atoms. The van der Waals surface area contributed by atoms with Crippen LogP contribution in [0.2, 0.25) is 0 Å². The van der Waals surface area contributed by atoms with E-state index < -0.39 is 22.0 Å². The summed E-state index contributed by atoms with van der Waals surface area (Å²) in [6.45, 7) is 3.91. The van der Waals surface area contributed by atoms with Gasteiger partial charge >= 0.3 is 6.18 Å². The van der Waals surface area contributed by atoms with Crippen LogP contribution in [-0.2, 0) is 16.2 Å². The Morgan fingerprint density at radius 3 is 2.37 bits per heavy atom. The van der Waals surface area contributed by atoms with Crippen LogP contribution in [0.4, 0.5) is 13.2 Å². The minimum Gasteiger partial charge on any atom is -0.351 e. The zero-order valence-electron chi connectivity index (χ0n) is 16.6. The first kappa shape index (κ1) is 21.8. The summed E-state index contributed by atoms with van der Waals surface area (Å²) in [4.78, 5) is 3.39. The molecule has 2 aliphatic rings. The lowest BCUT2D eigenvalue weighted by atomic mass is 9.94. The quantitative estimate of drug-likeness (QED) is 0.674. The van der Waals surface area contributed by atoms with Gasteiger partial charge in [0.1, 0.15) is 5.69 Å². The first-order valence-corrected chi connectivity index (χ1v) is 12.3. The van der Waals surface area contributed by atoms with Gasteiger partial charge in [0.25, 0.3) is 0 Å². The Bertz CT molecular complexity index is 986. The summed E-state index contributed by atoms with van der Waals surface area (Å²) in [6.07, 6.45) is 1.47. The molecule has 0 atom stereocenters. The lowest BCUT2D eigenvalue weighted by Gasteiger charge is -2.40. The summed E-state index contributed by atoms with van der Waals surface area (Å²) in [5.41, 5.74) is -0.0148. The fourth-order valence-electron chi connectivity index (χ4n) is 4.27. The highest BCUT2D eigenvalue weighted by molar-refractivity contribution is 7.89. The zero-order chi connectivity index (χ0) is 21.5. The third-order valence-electron chi connectivity index (χ3n) is 5.90. The Morgan fingerprint density at radius 2 is 1.77 bits per heavy atom. The van der Waals surface area contributed by atoms with Crippen molar-refractivity contribution in [1.82, 2.24) is 14.4 Å². The third kappa shape index (κ3) is 4.30. The molecule has 1 saturated heterocycles. The lowest BCUT2D eigenvalue weighted by Crippen LogP contribution is -2.52. The van der Waals surface area contributed by atoms with Crippen molar-refractivity contribution >= 4 is 21.4 Å². The molecular weight excluding hydrogens is 439 g/mol. The highest BCUT2D eigenvalue weighted by Gasteiger charge is 2.37. The molecule has 0 amide bonds. The minimum atomic E-state index is -4.63. The van der Waals surface area contributed by atoms with Gasteiger partial charge in [0, 0.05) is 43.2 Å². The average molecular weight is 464 g/mol. The van der Waals surface area contributed by atoms with Crippen LogP contribution in [0.1, 0.15) is 42.7 Å². The van der Waals surface area contributed by atoms with E-state index in [1.165, 1.54) is 42.5 Å². The molecule has 0 aromatic carbocycles. The fraction of sp³-hybridized carbons (Fsp3) is 0.632. The van der Waals surface area contributed by atoms with E-state index in [4.69, 9.17) is 0 Å². The van der Waals surface area contributed by atoms with Gasteiger partial charge in [-0.05, 0) is 25.8 Å². The summed E-state index contributed by atoms with van der Waals surface area (Å²) in [7, 11) is -3.72. The van der Waals surface area contributed by atoms with Gasteiger partial charge in [0.05, 0.1) is 9.77 Å². The van der Waals surface area contributed by atoms with Gasteiger partial charge in [0.15, 0.2) is 0 Å². The largest absolute Gasteiger partial charge is 0.452 e. The van der Waals surface area contributed by atoms with Gasteiger partial charge in [-0.1, -0.05) is 24.4 Å². The molecular formula is C19H24F3N3O3S2. The van der Waals surface area contributed by atoms with Crippen molar-refractivity contribution in [1.29, 1.82) is 0 Å². The SMILES string of the molecule is Cc1sc(-c2cc(C(F)(F)F)on2)cc1S(=O)(=O)N1CCN(C2CCCCC2)CC1. The molecule has 1 aliphatic heterocycles. The summed E-state index contributed by atoms with van der Waals surface area (Å²) in [6, 6.07) is 2.75. The Morgan fingerprint density at radius 1 is 1.10 bits per heavy atom. The number of nitrogens with zero attached hydrogens (tertiary/aromatic N) is 3. The number of alkyl halides is 3. The van der Waals surface area contributed by atoms with E-state index >= 15 is 0 Å². The molecule has 6 nitrogen and oxygen atoms in total.